The van der Waals surface area contributed by atoms with Crippen molar-refractivity contribution in [2.45, 2.75) is 6.92 Å². The van der Waals surface area contributed by atoms with Crippen molar-refractivity contribution < 1.29 is 0 Å². The first kappa shape index (κ1) is 7.04. The smallest absolute Gasteiger partial charge is 0.103 e. The fraction of sp³-hybridized carbons (Fsp3) is 0.143. The van der Waals surface area contributed by atoms with Crippen LogP contribution in [-0.4, -0.2) is 4.98 Å². The number of pyridine rings is 1. The van der Waals surface area contributed by atoms with E-state index in [0.717, 1.165) is 0 Å². The highest BCUT2D eigenvalue weighted by Crippen LogP contribution is 2.15. The summed E-state index contributed by atoms with van der Waals surface area (Å²) < 4.78 is 0. The summed E-state index contributed by atoms with van der Waals surface area (Å²) in [4.78, 5) is 3.90. The lowest BCUT2D eigenvalue weighted by Gasteiger charge is -1.95. The second-order valence-electron chi connectivity index (χ2n) is 1.86. The Morgan fingerprint density at radius 3 is 2.80 bits per heavy atom. The molecule has 0 radical (unpaired) electrons. The molecular weight excluding hydrogens is 148 g/mol. The number of nitriles is 1. The molecule has 0 saturated heterocycles. The van der Waals surface area contributed by atoms with Gasteiger partial charge in [0.05, 0.1) is 16.3 Å². The molecule has 0 fully saturated rings. The SMILES string of the molecule is Cc1nccc(Cl)c1C#N. The number of hydrogen-bond acceptors (Lipinski definition) is 2. The molecule has 0 aromatic carbocycles. The topological polar surface area (TPSA) is 36.7 Å². The van der Waals surface area contributed by atoms with E-state index in [2.05, 4.69) is 4.98 Å². The highest BCUT2D eigenvalue weighted by atomic mass is 35.5. The second kappa shape index (κ2) is 2.68. The predicted octanol–water partition coefficient (Wildman–Crippen LogP) is 1.92. The fourth-order valence-electron chi connectivity index (χ4n) is 0.670. The Bertz CT molecular complexity index is 268. The van der Waals surface area contributed by atoms with Crippen LogP contribution in [0.4, 0.5) is 0 Å². The van der Waals surface area contributed by atoms with E-state index < -0.39 is 0 Å². The minimum atomic E-state index is 0.462. The number of aryl methyl sites for hydroxylation is 1. The summed E-state index contributed by atoms with van der Waals surface area (Å²) in [5, 5.41) is 8.99. The van der Waals surface area contributed by atoms with Gasteiger partial charge >= 0.3 is 0 Å². The van der Waals surface area contributed by atoms with Gasteiger partial charge in [0.25, 0.3) is 0 Å². The first-order valence-corrected chi connectivity index (χ1v) is 3.14. The zero-order valence-corrected chi connectivity index (χ0v) is 6.18. The molecule has 0 aliphatic rings. The van der Waals surface area contributed by atoms with Crippen LogP contribution in [0.2, 0.25) is 5.02 Å². The van der Waals surface area contributed by atoms with Crippen LogP contribution in [0.1, 0.15) is 11.3 Å². The summed E-state index contributed by atoms with van der Waals surface area (Å²) in [6.07, 6.45) is 1.58. The van der Waals surface area contributed by atoms with E-state index in [9.17, 15) is 0 Å². The molecule has 50 valence electrons. The van der Waals surface area contributed by atoms with Gasteiger partial charge in [0.2, 0.25) is 0 Å². The normalized spacial score (nSPS) is 8.90. The summed E-state index contributed by atoms with van der Waals surface area (Å²) in [7, 11) is 0. The van der Waals surface area contributed by atoms with Crippen LogP contribution >= 0.6 is 11.6 Å². The molecule has 1 rings (SSSR count). The molecule has 0 bridgehead atoms. The maximum Gasteiger partial charge on any atom is 0.103 e. The van der Waals surface area contributed by atoms with Gasteiger partial charge in [-0.1, -0.05) is 11.6 Å². The van der Waals surface area contributed by atoms with Crippen LogP contribution in [-0.2, 0) is 0 Å². The van der Waals surface area contributed by atoms with Gasteiger partial charge in [0, 0.05) is 6.20 Å². The third kappa shape index (κ3) is 1.09. The lowest BCUT2D eigenvalue weighted by atomic mass is 10.2. The van der Waals surface area contributed by atoms with E-state index in [0.29, 0.717) is 16.3 Å². The average Bonchev–Trinajstić information content (AvgIpc) is 1.88. The van der Waals surface area contributed by atoms with Gasteiger partial charge in [0.1, 0.15) is 6.07 Å². The van der Waals surface area contributed by atoms with Crippen LogP contribution in [0, 0.1) is 18.3 Å². The molecule has 0 unspecified atom stereocenters. The fourth-order valence-corrected chi connectivity index (χ4v) is 0.905. The first-order chi connectivity index (χ1) is 4.75. The van der Waals surface area contributed by atoms with E-state index in [4.69, 9.17) is 16.9 Å². The standard InChI is InChI=1S/C7H5ClN2/c1-5-6(4-9)7(8)2-3-10-5/h2-3H,1H3. The van der Waals surface area contributed by atoms with Crippen LogP contribution in [0.5, 0.6) is 0 Å². The molecule has 0 spiro atoms. The lowest BCUT2D eigenvalue weighted by Crippen LogP contribution is -1.86. The quantitative estimate of drug-likeness (QED) is 0.570. The second-order valence-corrected chi connectivity index (χ2v) is 2.27. The molecule has 0 aliphatic heterocycles. The van der Waals surface area contributed by atoms with E-state index in [-0.39, 0.29) is 0 Å². The van der Waals surface area contributed by atoms with Crippen molar-refractivity contribution in [1.82, 2.24) is 4.98 Å². The number of aromatic nitrogens is 1. The molecule has 0 amide bonds. The number of rotatable bonds is 0. The third-order valence-electron chi connectivity index (χ3n) is 1.20. The summed E-state index contributed by atoms with van der Waals surface area (Å²) in [6, 6.07) is 3.57. The van der Waals surface area contributed by atoms with Gasteiger partial charge in [-0.3, -0.25) is 4.98 Å². The van der Waals surface area contributed by atoms with Crippen LogP contribution in [0.25, 0.3) is 0 Å². The molecule has 1 aromatic rings. The zero-order valence-electron chi connectivity index (χ0n) is 5.43. The number of halogens is 1. The molecule has 3 heteroatoms. The average molecular weight is 153 g/mol. The molecule has 2 nitrogen and oxygen atoms in total. The summed E-state index contributed by atoms with van der Waals surface area (Å²) in [6.45, 7) is 1.75. The summed E-state index contributed by atoms with van der Waals surface area (Å²) in [5.74, 6) is 0. The highest BCUT2D eigenvalue weighted by molar-refractivity contribution is 6.31. The van der Waals surface area contributed by atoms with E-state index in [1.165, 1.54) is 0 Å². The molecule has 0 N–H and O–H groups in total. The van der Waals surface area contributed by atoms with Crippen molar-refractivity contribution in [1.29, 1.82) is 5.26 Å². The molecule has 0 atom stereocenters. The van der Waals surface area contributed by atoms with Crippen molar-refractivity contribution in [3.8, 4) is 6.07 Å². The van der Waals surface area contributed by atoms with Crippen molar-refractivity contribution in [2.75, 3.05) is 0 Å². The van der Waals surface area contributed by atoms with Gasteiger partial charge in [-0.05, 0) is 13.0 Å². The number of hydrogen-bond donors (Lipinski definition) is 0. The Hall–Kier alpha value is -1.07. The Labute approximate surface area is 64.1 Å². The summed E-state index contributed by atoms with van der Waals surface area (Å²) >= 11 is 5.67. The van der Waals surface area contributed by atoms with Crippen molar-refractivity contribution >= 4 is 11.6 Å². The van der Waals surface area contributed by atoms with Gasteiger partial charge in [-0.2, -0.15) is 5.26 Å². The predicted molar refractivity (Wildman–Crippen MR) is 38.7 cm³/mol. The Kier molecular flexibility index (Phi) is 1.88. The first-order valence-electron chi connectivity index (χ1n) is 2.77. The molecule has 0 saturated carbocycles. The molecule has 1 heterocycles. The van der Waals surface area contributed by atoms with Gasteiger partial charge in [-0.15, -0.1) is 0 Å². The van der Waals surface area contributed by atoms with E-state index in [1.54, 1.807) is 19.2 Å². The van der Waals surface area contributed by atoms with Crippen LogP contribution < -0.4 is 0 Å². The van der Waals surface area contributed by atoms with Gasteiger partial charge in [0.15, 0.2) is 0 Å². The van der Waals surface area contributed by atoms with Crippen molar-refractivity contribution in [3.05, 3.63) is 28.5 Å². The maximum atomic E-state index is 8.52. The maximum absolute atomic E-state index is 8.52. The lowest BCUT2D eigenvalue weighted by molar-refractivity contribution is 1.18. The molecule has 0 aliphatic carbocycles. The minimum absolute atomic E-state index is 0.462. The van der Waals surface area contributed by atoms with Crippen molar-refractivity contribution in [2.24, 2.45) is 0 Å². The molecular formula is C7H5ClN2. The number of nitrogens with zero attached hydrogens (tertiary/aromatic N) is 2. The minimum Gasteiger partial charge on any atom is -0.260 e. The third-order valence-corrected chi connectivity index (χ3v) is 1.52. The van der Waals surface area contributed by atoms with Gasteiger partial charge in [-0.25, -0.2) is 0 Å². The Balaban J connectivity index is 3.34. The molecule has 10 heavy (non-hydrogen) atoms. The Morgan fingerprint density at radius 1 is 1.70 bits per heavy atom. The van der Waals surface area contributed by atoms with Crippen LogP contribution in [0.15, 0.2) is 12.3 Å². The monoisotopic (exact) mass is 152 g/mol. The van der Waals surface area contributed by atoms with Crippen LogP contribution in [0.3, 0.4) is 0 Å². The zero-order chi connectivity index (χ0) is 7.56. The van der Waals surface area contributed by atoms with E-state index >= 15 is 0 Å². The van der Waals surface area contributed by atoms with Crippen molar-refractivity contribution in [3.63, 3.8) is 0 Å². The van der Waals surface area contributed by atoms with E-state index in [1.807, 2.05) is 6.07 Å². The molecule has 1 aromatic heterocycles. The highest BCUT2D eigenvalue weighted by Gasteiger charge is 2.01. The largest absolute Gasteiger partial charge is 0.260 e. The Morgan fingerprint density at radius 2 is 2.40 bits per heavy atom. The van der Waals surface area contributed by atoms with Gasteiger partial charge < -0.3 is 0 Å². The summed E-state index contributed by atoms with van der Waals surface area (Å²) in [5.41, 5.74) is 1.14.